The van der Waals surface area contributed by atoms with E-state index >= 15 is 0 Å². The van der Waals surface area contributed by atoms with Crippen LogP contribution in [-0.2, 0) is 25.7 Å². The Bertz CT molecular complexity index is 653. The molecule has 1 aromatic rings. The number of hydrogen-bond donors (Lipinski definition) is 2. The standard InChI is InChI=1S/C21H32N2O5/c1-14(2)12-17(19(25)27-13-16-10-8-7-9-11-16)23-18(24)15(3)22-20(26)28-21(4,5)6/h7-11,14-15,17H,12-13H2,1-6H3,(H,22,26)(H,23,24)/t15-,17+/m1/s1. The summed E-state index contributed by atoms with van der Waals surface area (Å²) in [6, 6.07) is 7.67. The largest absolute Gasteiger partial charge is 0.459 e. The summed E-state index contributed by atoms with van der Waals surface area (Å²) in [5.41, 5.74) is 0.201. The number of esters is 1. The van der Waals surface area contributed by atoms with E-state index in [9.17, 15) is 14.4 Å². The van der Waals surface area contributed by atoms with Gasteiger partial charge in [0.1, 0.15) is 24.3 Å². The van der Waals surface area contributed by atoms with Gasteiger partial charge in [-0.2, -0.15) is 0 Å². The van der Waals surface area contributed by atoms with Gasteiger partial charge in [-0.05, 0) is 45.6 Å². The third kappa shape index (κ3) is 9.39. The van der Waals surface area contributed by atoms with Gasteiger partial charge in [0.2, 0.25) is 5.91 Å². The van der Waals surface area contributed by atoms with Crippen LogP contribution in [0.1, 0.15) is 53.5 Å². The van der Waals surface area contributed by atoms with E-state index in [4.69, 9.17) is 9.47 Å². The summed E-state index contributed by atoms with van der Waals surface area (Å²) in [5.74, 6) is -0.813. The number of rotatable bonds is 8. The molecule has 28 heavy (non-hydrogen) atoms. The molecule has 0 aliphatic carbocycles. The lowest BCUT2D eigenvalue weighted by molar-refractivity contribution is -0.149. The van der Waals surface area contributed by atoms with Gasteiger partial charge in [-0.1, -0.05) is 44.2 Å². The normalized spacial score (nSPS) is 13.4. The Morgan fingerprint density at radius 2 is 1.61 bits per heavy atom. The van der Waals surface area contributed by atoms with E-state index in [-0.39, 0.29) is 12.5 Å². The molecule has 1 aromatic carbocycles. The van der Waals surface area contributed by atoms with E-state index in [1.165, 1.54) is 6.92 Å². The summed E-state index contributed by atoms with van der Waals surface area (Å²) in [6.07, 6.45) is -0.263. The van der Waals surface area contributed by atoms with Crippen LogP contribution in [0.5, 0.6) is 0 Å². The highest BCUT2D eigenvalue weighted by atomic mass is 16.6. The van der Waals surface area contributed by atoms with Crippen molar-refractivity contribution in [1.82, 2.24) is 10.6 Å². The fraction of sp³-hybridized carbons (Fsp3) is 0.571. The SMILES string of the molecule is CC(C)C[C@H](NC(=O)[C@@H](C)NC(=O)OC(C)(C)C)C(=O)OCc1ccccc1. The van der Waals surface area contributed by atoms with Crippen LogP contribution in [-0.4, -0.2) is 35.7 Å². The number of nitrogens with one attached hydrogen (secondary N) is 2. The summed E-state index contributed by atoms with van der Waals surface area (Å²) >= 11 is 0. The minimum atomic E-state index is -0.855. The van der Waals surface area contributed by atoms with Crippen LogP contribution in [0.15, 0.2) is 30.3 Å². The van der Waals surface area contributed by atoms with E-state index < -0.39 is 35.7 Å². The third-order valence-electron chi connectivity index (χ3n) is 3.66. The van der Waals surface area contributed by atoms with E-state index in [2.05, 4.69) is 10.6 Å². The first-order valence-corrected chi connectivity index (χ1v) is 9.48. The van der Waals surface area contributed by atoms with Gasteiger partial charge >= 0.3 is 12.1 Å². The summed E-state index contributed by atoms with van der Waals surface area (Å²) in [6.45, 7) is 10.8. The number of alkyl carbamates (subject to hydrolysis) is 1. The summed E-state index contributed by atoms with van der Waals surface area (Å²) < 4.78 is 10.5. The molecular formula is C21H32N2O5. The van der Waals surface area contributed by atoms with Gasteiger partial charge in [0.05, 0.1) is 0 Å². The molecule has 0 spiro atoms. The molecule has 0 unspecified atom stereocenters. The quantitative estimate of drug-likeness (QED) is 0.663. The van der Waals surface area contributed by atoms with Crippen molar-refractivity contribution >= 4 is 18.0 Å². The monoisotopic (exact) mass is 392 g/mol. The average molecular weight is 392 g/mol. The van der Waals surface area contributed by atoms with Gasteiger partial charge in [-0.3, -0.25) is 4.79 Å². The molecule has 156 valence electrons. The first kappa shape index (κ1) is 23.5. The maximum Gasteiger partial charge on any atom is 0.408 e. The molecule has 0 saturated heterocycles. The van der Waals surface area contributed by atoms with Crippen molar-refractivity contribution in [3.05, 3.63) is 35.9 Å². The minimum absolute atomic E-state index is 0.135. The Morgan fingerprint density at radius 3 is 2.14 bits per heavy atom. The molecule has 0 aliphatic heterocycles. The summed E-state index contributed by atoms with van der Waals surface area (Å²) in [7, 11) is 0. The molecule has 0 aromatic heterocycles. The van der Waals surface area contributed by atoms with Crippen LogP contribution < -0.4 is 10.6 Å². The van der Waals surface area contributed by atoms with Crippen LogP contribution >= 0.6 is 0 Å². The van der Waals surface area contributed by atoms with Crippen LogP contribution in [0.3, 0.4) is 0 Å². The van der Waals surface area contributed by atoms with Crippen molar-refractivity contribution in [2.45, 2.75) is 72.3 Å². The Morgan fingerprint density at radius 1 is 1.00 bits per heavy atom. The molecular weight excluding hydrogens is 360 g/mol. The minimum Gasteiger partial charge on any atom is -0.459 e. The molecule has 2 amide bonds. The van der Waals surface area contributed by atoms with Gasteiger partial charge in [0.15, 0.2) is 0 Å². The molecule has 0 saturated carbocycles. The van der Waals surface area contributed by atoms with Gasteiger partial charge < -0.3 is 20.1 Å². The zero-order valence-corrected chi connectivity index (χ0v) is 17.6. The Labute approximate surface area is 167 Å². The van der Waals surface area contributed by atoms with Crippen LogP contribution in [0.2, 0.25) is 0 Å². The van der Waals surface area contributed by atoms with Crippen LogP contribution in [0, 0.1) is 5.92 Å². The van der Waals surface area contributed by atoms with Crippen molar-refractivity contribution in [2.24, 2.45) is 5.92 Å². The second kappa shape index (κ2) is 10.7. The number of hydrogen-bond acceptors (Lipinski definition) is 5. The Balaban J connectivity index is 2.64. The fourth-order valence-corrected chi connectivity index (χ4v) is 2.36. The van der Waals surface area contributed by atoms with Gasteiger partial charge in [0, 0.05) is 0 Å². The highest BCUT2D eigenvalue weighted by Gasteiger charge is 2.27. The smallest absolute Gasteiger partial charge is 0.408 e. The molecule has 0 radical (unpaired) electrons. The van der Waals surface area contributed by atoms with Gasteiger partial charge in [-0.25, -0.2) is 9.59 Å². The molecule has 2 N–H and O–H groups in total. The summed E-state index contributed by atoms with van der Waals surface area (Å²) in [4.78, 5) is 36.7. The lowest BCUT2D eigenvalue weighted by atomic mass is 10.0. The maximum atomic E-state index is 12.5. The second-order valence-electron chi connectivity index (χ2n) is 8.15. The van der Waals surface area contributed by atoms with Crippen molar-refractivity contribution < 1.29 is 23.9 Å². The van der Waals surface area contributed by atoms with Crippen molar-refractivity contribution in [2.75, 3.05) is 0 Å². The zero-order valence-electron chi connectivity index (χ0n) is 17.6. The highest BCUT2D eigenvalue weighted by molar-refractivity contribution is 5.89. The molecule has 7 heteroatoms. The lowest BCUT2D eigenvalue weighted by Crippen LogP contribution is -2.51. The maximum absolute atomic E-state index is 12.5. The van der Waals surface area contributed by atoms with Crippen molar-refractivity contribution in [1.29, 1.82) is 0 Å². The first-order valence-electron chi connectivity index (χ1n) is 9.48. The number of carbonyl (C=O) groups is 3. The highest BCUT2D eigenvalue weighted by Crippen LogP contribution is 2.10. The second-order valence-corrected chi connectivity index (χ2v) is 8.15. The van der Waals surface area contributed by atoms with Crippen LogP contribution in [0.25, 0.3) is 0 Å². The zero-order chi connectivity index (χ0) is 21.3. The first-order chi connectivity index (χ1) is 13.0. The number of benzene rings is 1. The van der Waals surface area contributed by atoms with E-state index in [1.54, 1.807) is 20.8 Å². The molecule has 0 fully saturated rings. The predicted octanol–water partition coefficient (Wildman–Crippen LogP) is 3.17. The van der Waals surface area contributed by atoms with E-state index in [0.29, 0.717) is 6.42 Å². The molecule has 0 heterocycles. The predicted molar refractivity (Wildman–Crippen MR) is 106 cm³/mol. The third-order valence-corrected chi connectivity index (χ3v) is 3.66. The molecule has 0 bridgehead atoms. The average Bonchev–Trinajstić information content (AvgIpc) is 2.57. The number of ether oxygens (including phenoxy) is 2. The van der Waals surface area contributed by atoms with E-state index in [0.717, 1.165) is 5.56 Å². The Hall–Kier alpha value is -2.57. The van der Waals surface area contributed by atoms with E-state index in [1.807, 2.05) is 44.2 Å². The topological polar surface area (TPSA) is 93.7 Å². The van der Waals surface area contributed by atoms with Crippen molar-refractivity contribution in [3.8, 4) is 0 Å². The molecule has 0 aliphatic rings. The fourth-order valence-electron chi connectivity index (χ4n) is 2.36. The lowest BCUT2D eigenvalue weighted by Gasteiger charge is -2.24. The number of amides is 2. The van der Waals surface area contributed by atoms with Crippen LogP contribution in [0.4, 0.5) is 4.79 Å². The van der Waals surface area contributed by atoms with Gasteiger partial charge in [0.25, 0.3) is 0 Å². The molecule has 2 atom stereocenters. The summed E-state index contributed by atoms with van der Waals surface area (Å²) in [5, 5.41) is 5.13. The molecule has 7 nitrogen and oxygen atoms in total. The van der Waals surface area contributed by atoms with Crippen molar-refractivity contribution in [3.63, 3.8) is 0 Å². The Kier molecular flexibility index (Phi) is 8.96. The molecule has 1 rings (SSSR count). The van der Waals surface area contributed by atoms with Gasteiger partial charge in [-0.15, -0.1) is 0 Å². The number of carbonyl (C=O) groups excluding carboxylic acids is 3.